The Morgan fingerprint density at radius 1 is 1.43 bits per heavy atom. The summed E-state index contributed by atoms with van der Waals surface area (Å²) in [6.45, 7) is 6.70. The van der Waals surface area contributed by atoms with Crippen molar-refractivity contribution in [2.45, 2.75) is 39.8 Å². The van der Waals surface area contributed by atoms with Crippen molar-refractivity contribution in [2.75, 3.05) is 0 Å². The van der Waals surface area contributed by atoms with Gasteiger partial charge >= 0.3 is 0 Å². The van der Waals surface area contributed by atoms with Gasteiger partial charge in [-0.25, -0.2) is 4.39 Å². The standard InChI is InChI=1S/C15H20BrFN4/c1-4-21-14(15(16)10(3)20-21)8-13(19-18)12-6-5-11(17)7-9(12)2/h5-7,13,19H,4,8,18H2,1-3H3. The van der Waals surface area contributed by atoms with Crippen LogP contribution in [0, 0.1) is 19.7 Å². The van der Waals surface area contributed by atoms with Gasteiger partial charge in [0.15, 0.2) is 0 Å². The first-order valence-electron chi connectivity index (χ1n) is 6.91. The van der Waals surface area contributed by atoms with Crippen LogP contribution in [0.15, 0.2) is 22.7 Å². The molecule has 0 aliphatic carbocycles. The molecule has 21 heavy (non-hydrogen) atoms. The summed E-state index contributed by atoms with van der Waals surface area (Å²) >= 11 is 3.59. The summed E-state index contributed by atoms with van der Waals surface area (Å²) in [5, 5.41) is 4.49. The SMILES string of the molecule is CCn1nc(C)c(Br)c1CC(NN)c1ccc(F)cc1C. The van der Waals surface area contributed by atoms with Crippen molar-refractivity contribution in [2.24, 2.45) is 5.84 Å². The third-order valence-electron chi connectivity index (χ3n) is 3.66. The Morgan fingerprint density at radius 3 is 2.71 bits per heavy atom. The first kappa shape index (κ1) is 16.1. The first-order chi connectivity index (χ1) is 9.97. The maximum Gasteiger partial charge on any atom is 0.123 e. The summed E-state index contributed by atoms with van der Waals surface area (Å²) in [7, 11) is 0. The summed E-state index contributed by atoms with van der Waals surface area (Å²) in [6, 6.07) is 4.67. The highest BCUT2D eigenvalue weighted by Crippen LogP contribution is 2.27. The molecule has 2 rings (SSSR count). The molecule has 0 aliphatic heterocycles. The second kappa shape index (κ2) is 6.68. The van der Waals surface area contributed by atoms with Crippen LogP contribution in [-0.2, 0) is 13.0 Å². The van der Waals surface area contributed by atoms with Crippen molar-refractivity contribution in [3.63, 3.8) is 0 Å². The second-order valence-corrected chi connectivity index (χ2v) is 5.88. The zero-order valence-electron chi connectivity index (χ0n) is 12.5. The number of halogens is 2. The molecule has 1 heterocycles. The molecule has 1 aromatic heterocycles. The fourth-order valence-electron chi connectivity index (χ4n) is 2.55. The number of hydrogen-bond donors (Lipinski definition) is 2. The van der Waals surface area contributed by atoms with E-state index >= 15 is 0 Å². The molecule has 114 valence electrons. The van der Waals surface area contributed by atoms with Crippen molar-refractivity contribution in [3.8, 4) is 0 Å². The van der Waals surface area contributed by atoms with Crippen LogP contribution in [0.25, 0.3) is 0 Å². The maximum absolute atomic E-state index is 13.3. The Bertz CT molecular complexity index is 639. The molecule has 1 atom stereocenters. The minimum absolute atomic E-state index is 0.0942. The number of nitrogens with zero attached hydrogens (tertiary/aromatic N) is 2. The molecule has 3 N–H and O–H groups in total. The normalized spacial score (nSPS) is 12.7. The van der Waals surface area contributed by atoms with Gasteiger partial charge in [0.2, 0.25) is 0 Å². The van der Waals surface area contributed by atoms with Crippen molar-refractivity contribution in [3.05, 3.63) is 51.0 Å². The van der Waals surface area contributed by atoms with Crippen molar-refractivity contribution < 1.29 is 4.39 Å². The second-order valence-electron chi connectivity index (χ2n) is 5.09. The minimum Gasteiger partial charge on any atom is -0.271 e. The zero-order valence-corrected chi connectivity index (χ0v) is 14.0. The molecule has 2 aromatic rings. The van der Waals surface area contributed by atoms with E-state index in [0.29, 0.717) is 6.42 Å². The summed E-state index contributed by atoms with van der Waals surface area (Å²) in [5.74, 6) is 5.49. The molecule has 0 radical (unpaired) electrons. The first-order valence-corrected chi connectivity index (χ1v) is 7.71. The summed E-state index contributed by atoms with van der Waals surface area (Å²) in [5.41, 5.74) is 6.75. The number of hydrazine groups is 1. The molecular weight excluding hydrogens is 335 g/mol. The van der Waals surface area contributed by atoms with Gasteiger partial charge in [-0.15, -0.1) is 0 Å². The fourth-order valence-corrected chi connectivity index (χ4v) is 2.99. The van der Waals surface area contributed by atoms with E-state index in [0.717, 1.165) is 33.5 Å². The third-order valence-corrected chi connectivity index (χ3v) is 4.69. The molecule has 1 unspecified atom stereocenters. The highest BCUT2D eigenvalue weighted by atomic mass is 79.9. The van der Waals surface area contributed by atoms with Gasteiger partial charge in [0.25, 0.3) is 0 Å². The van der Waals surface area contributed by atoms with Gasteiger partial charge in [0.05, 0.1) is 21.9 Å². The summed E-state index contributed by atoms with van der Waals surface area (Å²) < 4.78 is 16.2. The molecular formula is C15H20BrFN4. The van der Waals surface area contributed by atoms with E-state index in [4.69, 9.17) is 5.84 Å². The number of aryl methyl sites for hydroxylation is 3. The van der Waals surface area contributed by atoms with Crippen molar-refractivity contribution in [1.82, 2.24) is 15.2 Å². The fraction of sp³-hybridized carbons (Fsp3) is 0.400. The van der Waals surface area contributed by atoms with Gasteiger partial charge in [-0.3, -0.25) is 16.0 Å². The number of benzene rings is 1. The monoisotopic (exact) mass is 354 g/mol. The third kappa shape index (κ3) is 3.33. The van der Waals surface area contributed by atoms with E-state index in [1.807, 2.05) is 18.5 Å². The van der Waals surface area contributed by atoms with Gasteiger partial charge in [-0.05, 0) is 60.0 Å². The van der Waals surface area contributed by atoms with E-state index in [-0.39, 0.29) is 11.9 Å². The van der Waals surface area contributed by atoms with E-state index in [1.165, 1.54) is 12.1 Å². The Morgan fingerprint density at radius 2 is 2.14 bits per heavy atom. The number of aromatic nitrogens is 2. The molecule has 0 saturated carbocycles. The quantitative estimate of drug-likeness (QED) is 0.640. The number of nitrogens with two attached hydrogens (primary N) is 1. The largest absolute Gasteiger partial charge is 0.271 e. The van der Waals surface area contributed by atoms with Crippen LogP contribution in [0.1, 0.15) is 35.5 Å². The number of rotatable bonds is 5. The number of nitrogens with one attached hydrogen (secondary N) is 1. The van der Waals surface area contributed by atoms with Gasteiger partial charge in [0, 0.05) is 13.0 Å². The summed E-state index contributed by atoms with van der Waals surface area (Å²) in [4.78, 5) is 0. The average molecular weight is 355 g/mol. The highest BCUT2D eigenvalue weighted by Gasteiger charge is 2.19. The molecule has 4 nitrogen and oxygen atoms in total. The topological polar surface area (TPSA) is 55.9 Å². The Labute approximate surface area is 132 Å². The zero-order chi connectivity index (χ0) is 15.6. The lowest BCUT2D eigenvalue weighted by Gasteiger charge is -2.19. The van der Waals surface area contributed by atoms with Crippen LogP contribution in [0.4, 0.5) is 4.39 Å². The molecule has 6 heteroatoms. The van der Waals surface area contributed by atoms with E-state index < -0.39 is 0 Å². The van der Waals surface area contributed by atoms with Crippen molar-refractivity contribution in [1.29, 1.82) is 0 Å². The highest BCUT2D eigenvalue weighted by molar-refractivity contribution is 9.10. The number of hydrogen-bond acceptors (Lipinski definition) is 3. The lowest BCUT2D eigenvalue weighted by atomic mass is 9.97. The average Bonchev–Trinajstić information content (AvgIpc) is 2.72. The molecule has 0 spiro atoms. The molecule has 1 aromatic carbocycles. The van der Waals surface area contributed by atoms with Crippen molar-refractivity contribution >= 4 is 15.9 Å². The van der Waals surface area contributed by atoms with Crippen LogP contribution in [0.2, 0.25) is 0 Å². The minimum atomic E-state index is -0.234. The molecule has 0 aliphatic rings. The lowest BCUT2D eigenvalue weighted by Crippen LogP contribution is -2.31. The van der Waals surface area contributed by atoms with E-state index in [1.54, 1.807) is 6.07 Å². The molecule has 0 amide bonds. The van der Waals surface area contributed by atoms with E-state index in [2.05, 4.69) is 33.4 Å². The predicted octanol–water partition coefficient (Wildman–Crippen LogP) is 3.17. The van der Waals surface area contributed by atoms with Crippen LogP contribution in [0.5, 0.6) is 0 Å². The van der Waals surface area contributed by atoms with E-state index in [9.17, 15) is 4.39 Å². The van der Waals surface area contributed by atoms with Gasteiger partial charge < -0.3 is 0 Å². The maximum atomic E-state index is 13.3. The van der Waals surface area contributed by atoms with Gasteiger partial charge in [0.1, 0.15) is 5.82 Å². The van der Waals surface area contributed by atoms with Crippen LogP contribution in [0.3, 0.4) is 0 Å². The Balaban J connectivity index is 2.35. The summed E-state index contributed by atoms with van der Waals surface area (Å²) in [6.07, 6.45) is 0.679. The van der Waals surface area contributed by atoms with Crippen LogP contribution < -0.4 is 11.3 Å². The van der Waals surface area contributed by atoms with Crippen LogP contribution in [-0.4, -0.2) is 9.78 Å². The lowest BCUT2D eigenvalue weighted by molar-refractivity contribution is 0.512. The smallest absolute Gasteiger partial charge is 0.123 e. The molecule has 0 bridgehead atoms. The van der Waals surface area contributed by atoms with Gasteiger partial charge in [-0.2, -0.15) is 5.10 Å². The van der Waals surface area contributed by atoms with Crippen LogP contribution >= 0.6 is 15.9 Å². The molecule has 0 fully saturated rings. The Kier molecular flexibility index (Phi) is 5.13. The molecule has 0 saturated heterocycles. The Hall–Kier alpha value is -1.24. The van der Waals surface area contributed by atoms with Gasteiger partial charge in [-0.1, -0.05) is 6.07 Å². The predicted molar refractivity (Wildman–Crippen MR) is 85.2 cm³/mol.